The highest BCUT2D eigenvalue weighted by Gasteiger charge is 2.19. The smallest absolute Gasteiger partial charge is 0.0162 e. The van der Waals surface area contributed by atoms with Crippen molar-refractivity contribution < 1.29 is 0 Å². The number of benzene rings is 2. The third-order valence-corrected chi connectivity index (χ3v) is 7.20. The number of allylic oxidation sites excluding steroid dienone is 2. The molecule has 0 aliphatic heterocycles. The molecule has 2 aliphatic carbocycles. The van der Waals surface area contributed by atoms with Gasteiger partial charge in [0.2, 0.25) is 0 Å². The van der Waals surface area contributed by atoms with Crippen LogP contribution in [0.3, 0.4) is 0 Å². The fourth-order valence-corrected chi connectivity index (χ4v) is 5.24. The first-order valence-corrected chi connectivity index (χ1v) is 11.6. The predicted octanol–water partition coefficient (Wildman–Crippen LogP) is 8.63. The monoisotopic (exact) mass is 372 g/mol. The highest BCUT2D eigenvalue weighted by molar-refractivity contribution is 5.71. The van der Waals surface area contributed by atoms with Gasteiger partial charge in [-0.1, -0.05) is 94.1 Å². The summed E-state index contributed by atoms with van der Waals surface area (Å²) in [5, 5.41) is 0. The van der Waals surface area contributed by atoms with Crippen LogP contribution in [-0.4, -0.2) is 0 Å². The highest BCUT2D eigenvalue weighted by Crippen LogP contribution is 2.37. The summed E-state index contributed by atoms with van der Waals surface area (Å²) in [6.07, 6.45) is 14.6. The van der Waals surface area contributed by atoms with Gasteiger partial charge in [0, 0.05) is 0 Å². The van der Waals surface area contributed by atoms with Crippen molar-refractivity contribution in [2.75, 3.05) is 0 Å². The molecule has 1 unspecified atom stereocenters. The number of rotatable bonds is 5. The van der Waals surface area contributed by atoms with Crippen molar-refractivity contribution in [1.29, 1.82) is 0 Å². The Morgan fingerprint density at radius 3 is 1.93 bits per heavy atom. The van der Waals surface area contributed by atoms with Gasteiger partial charge in [0.05, 0.1) is 0 Å². The van der Waals surface area contributed by atoms with Crippen molar-refractivity contribution in [1.82, 2.24) is 0 Å². The van der Waals surface area contributed by atoms with Gasteiger partial charge in [0.15, 0.2) is 0 Å². The van der Waals surface area contributed by atoms with Crippen LogP contribution >= 0.6 is 0 Å². The topological polar surface area (TPSA) is 0 Å². The van der Waals surface area contributed by atoms with Crippen LogP contribution in [0.1, 0.15) is 88.7 Å². The molecular weight excluding hydrogens is 336 g/mol. The highest BCUT2D eigenvalue weighted by atomic mass is 14.2. The maximum absolute atomic E-state index is 2.50. The molecule has 0 bridgehead atoms. The minimum absolute atomic E-state index is 0.780. The summed E-state index contributed by atoms with van der Waals surface area (Å²) in [4.78, 5) is 0. The normalized spacial score (nSPS) is 25.4. The average molecular weight is 373 g/mol. The predicted molar refractivity (Wildman–Crippen MR) is 122 cm³/mol. The summed E-state index contributed by atoms with van der Waals surface area (Å²) in [5.41, 5.74) is 7.21. The fraction of sp³-hybridized carbons (Fsp3) is 0.500. The van der Waals surface area contributed by atoms with Crippen LogP contribution < -0.4 is 0 Å². The molecule has 0 spiro atoms. The second-order valence-corrected chi connectivity index (χ2v) is 9.31. The van der Waals surface area contributed by atoms with E-state index in [0.717, 1.165) is 17.8 Å². The summed E-state index contributed by atoms with van der Waals surface area (Å²) >= 11 is 0. The molecule has 1 atom stereocenters. The zero-order valence-corrected chi connectivity index (χ0v) is 17.8. The Morgan fingerprint density at radius 2 is 1.36 bits per heavy atom. The van der Waals surface area contributed by atoms with Crippen molar-refractivity contribution >= 4 is 5.57 Å². The van der Waals surface area contributed by atoms with Gasteiger partial charge >= 0.3 is 0 Å². The quantitative estimate of drug-likeness (QED) is 0.492. The summed E-state index contributed by atoms with van der Waals surface area (Å²) < 4.78 is 0. The summed E-state index contributed by atoms with van der Waals surface area (Å²) in [6, 6.07) is 18.7. The van der Waals surface area contributed by atoms with Crippen molar-refractivity contribution in [3.8, 4) is 11.1 Å². The summed E-state index contributed by atoms with van der Waals surface area (Å²) in [6.45, 7) is 4.70. The molecule has 2 aromatic rings. The third kappa shape index (κ3) is 4.59. The van der Waals surface area contributed by atoms with E-state index in [2.05, 4.69) is 68.5 Å². The maximum Gasteiger partial charge on any atom is -0.0162 e. The lowest BCUT2D eigenvalue weighted by Gasteiger charge is -2.26. The van der Waals surface area contributed by atoms with Crippen LogP contribution in [0.4, 0.5) is 0 Å². The first-order valence-electron chi connectivity index (χ1n) is 11.6. The molecule has 0 nitrogen and oxygen atoms in total. The molecule has 1 saturated carbocycles. The first-order chi connectivity index (χ1) is 13.7. The van der Waals surface area contributed by atoms with Crippen LogP contribution in [0, 0.1) is 11.8 Å². The van der Waals surface area contributed by atoms with E-state index in [1.807, 2.05) is 0 Å². The zero-order valence-electron chi connectivity index (χ0n) is 17.8. The molecular formula is C28H36. The zero-order chi connectivity index (χ0) is 19.3. The molecule has 4 rings (SSSR count). The van der Waals surface area contributed by atoms with Gasteiger partial charge < -0.3 is 0 Å². The largest absolute Gasteiger partial charge is 0.0804 e. The van der Waals surface area contributed by atoms with E-state index < -0.39 is 0 Å². The van der Waals surface area contributed by atoms with Gasteiger partial charge in [-0.05, 0) is 77.7 Å². The van der Waals surface area contributed by atoms with E-state index in [1.165, 1.54) is 74.5 Å². The third-order valence-electron chi connectivity index (χ3n) is 7.20. The number of hydrogen-bond donors (Lipinski definition) is 0. The van der Waals surface area contributed by atoms with Crippen LogP contribution in [0.2, 0.25) is 0 Å². The Balaban J connectivity index is 1.41. The van der Waals surface area contributed by atoms with Crippen LogP contribution in [0.15, 0.2) is 54.6 Å². The number of hydrogen-bond acceptors (Lipinski definition) is 0. The van der Waals surface area contributed by atoms with E-state index in [-0.39, 0.29) is 0 Å². The van der Waals surface area contributed by atoms with Crippen molar-refractivity contribution in [3.05, 3.63) is 65.7 Å². The van der Waals surface area contributed by atoms with E-state index in [0.29, 0.717) is 0 Å². The lowest BCUT2D eigenvalue weighted by Crippen LogP contribution is -2.10. The molecule has 0 aromatic heterocycles. The molecule has 0 heteroatoms. The van der Waals surface area contributed by atoms with Crippen molar-refractivity contribution in [2.45, 2.75) is 77.6 Å². The standard InChI is InChI=1S/C28H36/c1-3-4-22-7-11-24(12-8-22)26-15-19-28(20-16-26)27-17-13-25(14-18-27)23-9-5-21(2)6-10-23/h11,13-23H,3-10,12H2,1-2H3. The molecule has 2 aliphatic rings. The minimum atomic E-state index is 0.780. The van der Waals surface area contributed by atoms with Crippen molar-refractivity contribution in [2.24, 2.45) is 11.8 Å². The Hall–Kier alpha value is -1.82. The molecule has 0 radical (unpaired) electrons. The van der Waals surface area contributed by atoms with Gasteiger partial charge in [-0.2, -0.15) is 0 Å². The molecule has 1 fully saturated rings. The molecule has 2 aromatic carbocycles. The Kier molecular flexibility index (Phi) is 6.35. The lowest BCUT2D eigenvalue weighted by molar-refractivity contribution is 0.348. The first kappa shape index (κ1) is 19.5. The second kappa shape index (κ2) is 9.12. The average Bonchev–Trinajstić information content (AvgIpc) is 2.75. The summed E-state index contributed by atoms with van der Waals surface area (Å²) in [7, 11) is 0. The van der Waals surface area contributed by atoms with E-state index in [1.54, 1.807) is 11.1 Å². The molecule has 0 saturated heterocycles. The van der Waals surface area contributed by atoms with Crippen molar-refractivity contribution in [3.63, 3.8) is 0 Å². The second-order valence-electron chi connectivity index (χ2n) is 9.31. The molecule has 0 amide bonds. The fourth-order valence-electron chi connectivity index (χ4n) is 5.24. The Labute approximate surface area is 172 Å². The van der Waals surface area contributed by atoms with Gasteiger partial charge in [-0.25, -0.2) is 0 Å². The maximum atomic E-state index is 2.50. The van der Waals surface area contributed by atoms with Gasteiger partial charge in [0.25, 0.3) is 0 Å². The van der Waals surface area contributed by atoms with Gasteiger partial charge in [-0.3, -0.25) is 0 Å². The van der Waals surface area contributed by atoms with Crippen LogP contribution in [0.5, 0.6) is 0 Å². The SMILES string of the molecule is CCCC1CC=C(c2ccc(-c3ccc(C4CCC(C)CC4)cc3)cc2)CC1. The van der Waals surface area contributed by atoms with E-state index >= 15 is 0 Å². The van der Waals surface area contributed by atoms with E-state index in [4.69, 9.17) is 0 Å². The summed E-state index contributed by atoms with van der Waals surface area (Å²) in [5.74, 6) is 2.62. The molecule has 28 heavy (non-hydrogen) atoms. The van der Waals surface area contributed by atoms with Crippen LogP contribution in [-0.2, 0) is 0 Å². The Morgan fingerprint density at radius 1 is 0.750 bits per heavy atom. The Bertz CT molecular complexity index is 770. The van der Waals surface area contributed by atoms with Crippen LogP contribution in [0.25, 0.3) is 16.7 Å². The van der Waals surface area contributed by atoms with Gasteiger partial charge in [0.1, 0.15) is 0 Å². The minimum Gasteiger partial charge on any atom is -0.0804 e. The molecule has 0 heterocycles. The lowest BCUT2D eigenvalue weighted by atomic mass is 9.79. The molecule has 0 N–H and O–H groups in total. The van der Waals surface area contributed by atoms with E-state index in [9.17, 15) is 0 Å². The van der Waals surface area contributed by atoms with Gasteiger partial charge in [-0.15, -0.1) is 0 Å². The molecule has 148 valence electrons.